The number of aliphatic carboxylic acids is 1. The van der Waals surface area contributed by atoms with Gasteiger partial charge in [0.1, 0.15) is 11.9 Å². The van der Waals surface area contributed by atoms with Crippen molar-refractivity contribution < 1.29 is 19.4 Å². The Hall–Kier alpha value is -2.93. The molecule has 0 radical (unpaired) electrons. The molecule has 2 atom stereocenters. The van der Waals surface area contributed by atoms with Gasteiger partial charge in [-0.1, -0.05) is 30.3 Å². The molecular formula is C28H35N3O4. The fourth-order valence-electron chi connectivity index (χ4n) is 5.62. The molecule has 186 valence electrons. The highest BCUT2D eigenvalue weighted by Crippen LogP contribution is 2.35. The molecule has 0 bridgehead atoms. The lowest BCUT2D eigenvalue weighted by molar-refractivity contribution is -0.143. The van der Waals surface area contributed by atoms with Gasteiger partial charge in [0.25, 0.3) is 0 Å². The standard InChI is InChI=1S/C28H35N3O4/c32-27(24-12-9-19-4-1-2-6-23(19)24)31-25(28(33)34)13-15-35-22-16-18(17-22)7-10-21-11-8-20-5-3-14-29-26(20)30-21/h1-2,4,6,8,11,18,22,24-25H,3,5,7,9-10,12-17H2,(H,29,30)(H,31,32)(H,33,34)/t18-,22-,24?,25?. The number of nitrogens with zero attached hydrogens (tertiary/aromatic N) is 1. The number of hydrogen-bond donors (Lipinski definition) is 3. The second kappa shape index (κ2) is 10.8. The maximum Gasteiger partial charge on any atom is 0.326 e. The zero-order chi connectivity index (χ0) is 24.2. The normalized spacial score (nSPS) is 23.4. The summed E-state index contributed by atoms with van der Waals surface area (Å²) in [6.45, 7) is 1.35. The Bertz CT molecular complexity index is 1070. The molecule has 2 heterocycles. The van der Waals surface area contributed by atoms with Crippen LogP contribution >= 0.6 is 0 Å². The van der Waals surface area contributed by atoms with E-state index in [-0.39, 0.29) is 24.3 Å². The molecule has 1 aromatic heterocycles. The Morgan fingerprint density at radius 1 is 1.14 bits per heavy atom. The van der Waals surface area contributed by atoms with Crippen LogP contribution < -0.4 is 10.6 Å². The highest BCUT2D eigenvalue weighted by Gasteiger charge is 2.32. The van der Waals surface area contributed by atoms with E-state index in [2.05, 4.69) is 22.8 Å². The predicted octanol–water partition coefficient (Wildman–Crippen LogP) is 3.86. The highest BCUT2D eigenvalue weighted by molar-refractivity contribution is 5.89. The fraction of sp³-hybridized carbons (Fsp3) is 0.536. The Balaban J connectivity index is 1.01. The number of ether oxygens (including phenoxy) is 1. The first-order chi connectivity index (χ1) is 17.1. The minimum atomic E-state index is -1.01. The molecule has 7 nitrogen and oxygen atoms in total. The quantitative estimate of drug-likeness (QED) is 0.481. The third-order valence-electron chi connectivity index (χ3n) is 7.78. The first-order valence-electron chi connectivity index (χ1n) is 13.0. The van der Waals surface area contributed by atoms with Crippen LogP contribution in [0.3, 0.4) is 0 Å². The Kier molecular flexibility index (Phi) is 7.32. The number of pyridine rings is 1. The molecule has 2 aliphatic carbocycles. The van der Waals surface area contributed by atoms with Crippen LogP contribution in [0, 0.1) is 5.92 Å². The van der Waals surface area contributed by atoms with Gasteiger partial charge in [-0.15, -0.1) is 0 Å². The van der Waals surface area contributed by atoms with E-state index in [1.807, 2.05) is 24.3 Å². The number of nitrogens with one attached hydrogen (secondary N) is 2. The van der Waals surface area contributed by atoms with E-state index >= 15 is 0 Å². The number of aryl methyl sites for hydroxylation is 3. The Labute approximate surface area is 206 Å². The minimum absolute atomic E-state index is 0.185. The van der Waals surface area contributed by atoms with Crippen molar-refractivity contribution in [1.29, 1.82) is 0 Å². The highest BCUT2D eigenvalue weighted by atomic mass is 16.5. The number of carboxylic acid groups (broad SMARTS) is 1. The number of aromatic nitrogens is 1. The van der Waals surface area contributed by atoms with Crippen LogP contribution in [-0.2, 0) is 33.6 Å². The van der Waals surface area contributed by atoms with E-state index in [1.54, 1.807) is 0 Å². The lowest BCUT2D eigenvalue weighted by atomic mass is 9.79. The summed E-state index contributed by atoms with van der Waals surface area (Å²) in [6.07, 6.45) is 8.42. The summed E-state index contributed by atoms with van der Waals surface area (Å²) < 4.78 is 5.94. The molecular weight excluding hydrogens is 442 g/mol. The number of hydrogen-bond acceptors (Lipinski definition) is 5. The molecule has 35 heavy (non-hydrogen) atoms. The van der Waals surface area contributed by atoms with Crippen LogP contribution in [0.2, 0.25) is 0 Å². The molecule has 3 aliphatic rings. The number of amides is 1. The Morgan fingerprint density at radius 2 is 2.00 bits per heavy atom. The average molecular weight is 478 g/mol. The van der Waals surface area contributed by atoms with Crippen LogP contribution in [0.1, 0.15) is 66.8 Å². The van der Waals surface area contributed by atoms with Crippen molar-refractivity contribution in [2.45, 2.75) is 75.9 Å². The molecule has 1 aromatic carbocycles. The number of benzene rings is 1. The number of rotatable bonds is 10. The van der Waals surface area contributed by atoms with Crippen molar-refractivity contribution in [2.75, 3.05) is 18.5 Å². The van der Waals surface area contributed by atoms with Crippen molar-refractivity contribution in [3.63, 3.8) is 0 Å². The molecule has 0 spiro atoms. The molecule has 1 saturated carbocycles. The van der Waals surface area contributed by atoms with Gasteiger partial charge >= 0.3 is 5.97 Å². The maximum atomic E-state index is 12.8. The van der Waals surface area contributed by atoms with Gasteiger partial charge < -0.3 is 20.5 Å². The van der Waals surface area contributed by atoms with Gasteiger partial charge in [-0.25, -0.2) is 9.78 Å². The van der Waals surface area contributed by atoms with Crippen molar-refractivity contribution in [1.82, 2.24) is 10.3 Å². The largest absolute Gasteiger partial charge is 0.480 e. The van der Waals surface area contributed by atoms with Gasteiger partial charge in [-0.2, -0.15) is 0 Å². The van der Waals surface area contributed by atoms with Crippen LogP contribution in [0.5, 0.6) is 0 Å². The summed E-state index contributed by atoms with van der Waals surface area (Å²) in [5.74, 6) is 0.217. The number of fused-ring (bicyclic) bond motifs is 2. The van der Waals surface area contributed by atoms with E-state index in [9.17, 15) is 14.7 Å². The van der Waals surface area contributed by atoms with Crippen LogP contribution in [-0.4, -0.2) is 47.3 Å². The molecule has 2 unspecified atom stereocenters. The lowest BCUT2D eigenvalue weighted by Crippen LogP contribution is -2.44. The molecule has 5 rings (SSSR count). The second-order valence-electron chi connectivity index (χ2n) is 10.2. The Morgan fingerprint density at radius 3 is 2.86 bits per heavy atom. The smallest absolute Gasteiger partial charge is 0.326 e. The van der Waals surface area contributed by atoms with Gasteiger partial charge in [-0.3, -0.25) is 4.79 Å². The van der Waals surface area contributed by atoms with Crippen molar-refractivity contribution >= 4 is 17.7 Å². The van der Waals surface area contributed by atoms with Crippen LogP contribution in [0.25, 0.3) is 0 Å². The molecule has 1 fully saturated rings. The van der Waals surface area contributed by atoms with E-state index in [1.165, 1.54) is 17.5 Å². The third kappa shape index (κ3) is 5.67. The number of anilines is 1. The van der Waals surface area contributed by atoms with E-state index in [0.717, 1.165) is 68.6 Å². The summed E-state index contributed by atoms with van der Waals surface area (Å²) in [5.41, 5.74) is 4.67. The topological polar surface area (TPSA) is 101 Å². The number of carboxylic acids is 1. The zero-order valence-electron chi connectivity index (χ0n) is 20.2. The van der Waals surface area contributed by atoms with Crippen LogP contribution in [0.15, 0.2) is 36.4 Å². The summed E-state index contributed by atoms with van der Waals surface area (Å²) in [6, 6.07) is 11.4. The predicted molar refractivity (Wildman–Crippen MR) is 134 cm³/mol. The summed E-state index contributed by atoms with van der Waals surface area (Å²) >= 11 is 0. The van der Waals surface area contributed by atoms with Gasteiger partial charge in [0.15, 0.2) is 0 Å². The SMILES string of the molecule is O=C(O)C(CCO[C@H]1C[C@H](CCc2ccc3c(n2)NCCC3)C1)NC(=O)C1CCc2ccccc21. The van der Waals surface area contributed by atoms with Crippen molar-refractivity contribution in [3.05, 3.63) is 58.8 Å². The van der Waals surface area contributed by atoms with E-state index in [0.29, 0.717) is 12.5 Å². The third-order valence-corrected chi connectivity index (χ3v) is 7.78. The van der Waals surface area contributed by atoms with Gasteiger partial charge in [-0.05, 0) is 80.0 Å². The van der Waals surface area contributed by atoms with Crippen molar-refractivity contribution in [2.24, 2.45) is 5.92 Å². The zero-order valence-corrected chi connectivity index (χ0v) is 20.2. The second-order valence-corrected chi connectivity index (χ2v) is 10.2. The summed E-state index contributed by atoms with van der Waals surface area (Å²) in [7, 11) is 0. The van der Waals surface area contributed by atoms with E-state index < -0.39 is 12.0 Å². The van der Waals surface area contributed by atoms with Gasteiger partial charge in [0.2, 0.25) is 5.91 Å². The maximum absolute atomic E-state index is 12.8. The molecule has 1 amide bonds. The van der Waals surface area contributed by atoms with Crippen molar-refractivity contribution in [3.8, 4) is 0 Å². The summed E-state index contributed by atoms with van der Waals surface area (Å²) in [4.78, 5) is 29.3. The van der Waals surface area contributed by atoms with Crippen LogP contribution in [0.4, 0.5) is 5.82 Å². The number of carbonyl (C=O) groups is 2. The lowest BCUT2D eigenvalue weighted by Gasteiger charge is -2.35. The molecule has 0 saturated heterocycles. The molecule has 1 aliphatic heterocycles. The summed E-state index contributed by atoms with van der Waals surface area (Å²) in [5, 5.41) is 15.8. The molecule has 2 aromatic rings. The number of carbonyl (C=O) groups excluding carboxylic acids is 1. The van der Waals surface area contributed by atoms with E-state index in [4.69, 9.17) is 9.72 Å². The molecule has 3 N–H and O–H groups in total. The minimum Gasteiger partial charge on any atom is -0.480 e. The van der Waals surface area contributed by atoms with Gasteiger partial charge in [0, 0.05) is 25.3 Å². The average Bonchev–Trinajstić information content (AvgIpc) is 3.28. The monoisotopic (exact) mass is 477 g/mol. The molecule has 7 heteroatoms. The first-order valence-corrected chi connectivity index (χ1v) is 13.0. The fourth-order valence-corrected chi connectivity index (χ4v) is 5.62. The first kappa shape index (κ1) is 23.8. The van der Waals surface area contributed by atoms with Gasteiger partial charge in [0.05, 0.1) is 12.0 Å².